The third-order valence-electron chi connectivity index (χ3n) is 2.59. The Morgan fingerprint density at radius 2 is 1.50 bits per heavy atom. The summed E-state index contributed by atoms with van der Waals surface area (Å²) in [5.74, 6) is 3.53. The second-order valence-electron chi connectivity index (χ2n) is 3.12. The van der Waals surface area contributed by atoms with Crippen molar-refractivity contribution in [1.29, 1.82) is 0 Å². The van der Waals surface area contributed by atoms with Gasteiger partial charge in [-0.2, -0.15) is 0 Å². The monoisotopic (exact) mass is 111 g/mol. The minimum atomic E-state index is 0.907. The summed E-state index contributed by atoms with van der Waals surface area (Å²) < 4.78 is 0. The molecule has 1 aliphatic rings. The van der Waals surface area contributed by atoms with Crippen LogP contribution in [-0.2, 0) is 0 Å². The van der Waals surface area contributed by atoms with Gasteiger partial charge in [0.05, 0.1) is 0 Å². The molecule has 1 fully saturated rings. The molecule has 1 rings (SSSR count). The van der Waals surface area contributed by atoms with Crippen molar-refractivity contribution in [2.75, 3.05) is 0 Å². The second kappa shape index (κ2) is 2.08. The SMILES string of the molecule is C[C]1C(C)CCC1C. The summed E-state index contributed by atoms with van der Waals surface area (Å²) in [5.41, 5.74) is 0. The smallest absolute Gasteiger partial charge is 0.0216 e. The van der Waals surface area contributed by atoms with E-state index in [0.29, 0.717) is 0 Å². The van der Waals surface area contributed by atoms with Gasteiger partial charge in [0.15, 0.2) is 0 Å². The molecule has 0 bridgehead atoms. The molecule has 0 aromatic heterocycles. The zero-order valence-corrected chi connectivity index (χ0v) is 6.07. The van der Waals surface area contributed by atoms with Crippen LogP contribution >= 0.6 is 0 Å². The summed E-state index contributed by atoms with van der Waals surface area (Å²) in [4.78, 5) is 0. The highest BCUT2D eigenvalue weighted by Gasteiger charge is 2.25. The van der Waals surface area contributed by atoms with Crippen molar-refractivity contribution in [1.82, 2.24) is 0 Å². The molecule has 8 heavy (non-hydrogen) atoms. The molecule has 47 valence electrons. The molecule has 1 aliphatic carbocycles. The van der Waals surface area contributed by atoms with Gasteiger partial charge in [-0.3, -0.25) is 0 Å². The van der Waals surface area contributed by atoms with E-state index in [1.807, 2.05) is 0 Å². The Balaban J connectivity index is 2.44. The lowest BCUT2D eigenvalue weighted by Gasteiger charge is -2.11. The molecular weight excluding hydrogens is 96.1 g/mol. The van der Waals surface area contributed by atoms with E-state index < -0.39 is 0 Å². The average molecular weight is 111 g/mol. The first-order chi connectivity index (χ1) is 3.72. The molecule has 1 saturated carbocycles. The lowest BCUT2D eigenvalue weighted by Crippen LogP contribution is -2.01. The van der Waals surface area contributed by atoms with E-state index in [2.05, 4.69) is 20.8 Å². The predicted octanol–water partition coefficient (Wildman–Crippen LogP) is 2.65. The molecule has 0 nitrogen and oxygen atoms in total. The molecule has 0 heteroatoms. The Morgan fingerprint density at radius 1 is 1.12 bits per heavy atom. The normalized spacial score (nSPS) is 40.9. The lowest BCUT2D eigenvalue weighted by molar-refractivity contribution is 0.610. The van der Waals surface area contributed by atoms with Crippen LogP contribution in [0.5, 0.6) is 0 Å². The molecule has 2 unspecified atom stereocenters. The minimum absolute atomic E-state index is 0.907. The number of hydrogen-bond acceptors (Lipinski definition) is 0. The second-order valence-corrected chi connectivity index (χ2v) is 3.12. The van der Waals surface area contributed by atoms with Gasteiger partial charge in [-0.1, -0.05) is 20.8 Å². The van der Waals surface area contributed by atoms with Gasteiger partial charge in [0.1, 0.15) is 0 Å². The van der Waals surface area contributed by atoms with E-state index in [1.54, 1.807) is 5.92 Å². The standard InChI is InChI=1S/C8H15/c1-6-4-5-7(2)8(6)3/h6-7H,4-5H2,1-3H3. The quantitative estimate of drug-likeness (QED) is 0.451. The van der Waals surface area contributed by atoms with Crippen molar-refractivity contribution in [2.24, 2.45) is 11.8 Å². The number of hydrogen-bond donors (Lipinski definition) is 0. The van der Waals surface area contributed by atoms with Crippen LogP contribution in [0, 0.1) is 17.8 Å². The molecule has 0 aromatic rings. The summed E-state index contributed by atoms with van der Waals surface area (Å²) in [5, 5.41) is 0. The first-order valence-corrected chi connectivity index (χ1v) is 3.55. The molecular formula is C8H15. The Hall–Kier alpha value is 0. The first kappa shape index (κ1) is 6.12. The molecule has 2 atom stereocenters. The first-order valence-electron chi connectivity index (χ1n) is 3.55. The van der Waals surface area contributed by atoms with E-state index in [9.17, 15) is 0 Å². The Morgan fingerprint density at radius 3 is 1.62 bits per heavy atom. The molecule has 0 aromatic carbocycles. The minimum Gasteiger partial charge on any atom is -0.0620 e. The fourth-order valence-electron chi connectivity index (χ4n) is 1.44. The fourth-order valence-corrected chi connectivity index (χ4v) is 1.44. The Labute approximate surface area is 52.3 Å². The van der Waals surface area contributed by atoms with E-state index in [1.165, 1.54) is 12.8 Å². The summed E-state index contributed by atoms with van der Waals surface area (Å²) in [6.07, 6.45) is 2.85. The maximum absolute atomic E-state index is 2.33. The third-order valence-corrected chi connectivity index (χ3v) is 2.59. The van der Waals surface area contributed by atoms with Crippen LogP contribution in [0.15, 0.2) is 0 Å². The molecule has 0 aliphatic heterocycles. The van der Waals surface area contributed by atoms with E-state index >= 15 is 0 Å². The van der Waals surface area contributed by atoms with Gasteiger partial charge in [0.25, 0.3) is 0 Å². The molecule has 0 amide bonds. The van der Waals surface area contributed by atoms with Crippen LogP contribution in [-0.4, -0.2) is 0 Å². The molecule has 0 heterocycles. The lowest BCUT2D eigenvalue weighted by atomic mass is 9.94. The van der Waals surface area contributed by atoms with E-state index in [-0.39, 0.29) is 0 Å². The average Bonchev–Trinajstić information content (AvgIpc) is 1.98. The molecule has 0 N–H and O–H groups in total. The summed E-state index contributed by atoms with van der Waals surface area (Å²) in [6, 6.07) is 0. The van der Waals surface area contributed by atoms with Gasteiger partial charge < -0.3 is 0 Å². The zero-order valence-electron chi connectivity index (χ0n) is 6.07. The van der Waals surface area contributed by atoms with Crippen LogP contribution in [0.25, 0.3) is 0 Å². The maximum atomic E-state index is 2.33. The zero-order chi connectivity index (χ0) is 6.15. The maximum Gasteiger partial charge on any atom is -0.0216 e. The topological polar surface area (TPSA) is 0 Å². The number of rotatable bonds is 0. The van der Waals surface area contributed by atoms with Crippen molar-refractivity contribution in [2.45, 2.75) is 33.6 Å². The molecule has 0 spiro atoms. The highest BCUT2D eigenvalue weighted by Crippen LogP contribution is 2.37. The van der Waals surface area contributed by atoms with Crippen LogP contribution in [0.1, 0.15) is 33.6 Å². The van der Waals surface area contributed by atoms with E-state index in [4.69, 9.17) is 0 Å². The predicted molar refractivity (Wildman–Crippen MR) is 36.5 cm³/mol. The van der Waals surface area contributed by atoms with Gasteiger partial charge >= 0.3 is 0 Å². The molecule has 1 radical (unpaired) electrons. The van der Waals surface area contributed by atoms with Gasteiger partial charge in [-0.05, 0) is 30.6 Å². The Bertz CT molecular complexity index is 66.1. The van der Waals surface area contributed by atoms with Crippen LogP contribution in [0.2, 0.25) is 0 Å². The van der Waals surface area contributed by atoms with Crippen LogP contribution in [0.4, 0.5) is 0 Å². The summed E-state index contributed by atoms with van der Waals surface area (Å²) in [7, 11) is 0. The Kier molecular flexibility index (Phi) is 1.59. The van der Waals surface area contributed by atoms with Gasteiger partial charge in [-0.25, -0.2) is 0 Å². The van der Waals surface area contributed by atoms with Crippen molar-refractivity contribution in [3.63, 3.8) is 0 Å². The van der Waals surface area contributed by atoms with Gasteiger partial charge in [0, 0.05) is 0 Å². The van der Waals surface area contributed by atoms with Crippen molar-refractivity contribution in [3.05, 3.63) is 5.92 Å². The highest BCUT2D eigenvalue weighted by atomic mass is 14.3. The summed E-state index contributed by atoms with van der Waals surface area (Å²) >= 11 is 0. The van der Waals surface area contributed by atoms with Crippen LogP contribution in [0.3, 0.4) is 0 Å². The highest BCUT2D eigenvalue weighted by molar-refractivity contribution is 5.00. The van der Waals surface area contributed by atoms with Crippen LogP contribution < -0.4 is 0 Å². The fraction of sp³-hybridized carbons (Fsp3) is 0.875. The van der Waals surface area contributed by atoms with E-state index in [0.717, 1.165) is 11.8 Å². The van der Waals surface area contributed by atoms with Crippen molar-refractivity contribution < 1.29 is 0 Å². The third kappa shape index (κ3) is 0.888. The largest absolute Gasteiger partial charge is 0.0620 e. The van der Waals surface area contributed by atoms with Gasteiger partial charge in [-0.15, -0.1) is 0 Å². The van der Waals surface area contributed by atoms with Crippen molar-refractivity contribution in [3.8, 4) is 0 Å². The van der Waals surface area contributed by atoms with Gasteiger partial charge in [0.2, 0.25) is 0 Å². The van der Waals surface area contributed by atoms with Crippen molar-refractivity contribution >= 4 is 0 Å². The summed E-state index contributed by atoms with van der Waals surface area (Å²) in [6.45, 7) is 6.96. The molecule has 0 saturated heterocycles.